The van der Waals surface area contributed by atoms with E-state index in [0.29, 0.717) is 23.6 Å². The molecule has 10 nitrogen and oxygen atoms in total. The lowest BCUT2D eigenvalue weighted by molar-refractivity contribution is -0.108. The summed E-state index contributed by atoms with van der Waals surface area (Å²) in [5.41, 5.74) is 1.58. The third kappa shape index (κ3) is 5.55. The first-order valence-corrected chi connectivity index (χ1v) is 11.6. The zero-order valence-electron chi connectivity index (χ0n) is 21.3. The first-order chi connectivity index (χ1) is 18.4. The Bertz CT molecular complexity index is 1300. The van der Waals surface area contributed by atoms with Crippen LogP contribution in [0.5, 0.6) is 11.5 Å². The normalized spacial score (nSPS) is 13.1. The number of hydrogen-bond acceptors (Lipinski definition) is 8. The van der Waals surface area contributed by atoms with Gasteiger partial charge in [-0.25, -0.2) is 28.5 Å². The summed E-state index contributed by atoms with van der Waals surface area (Å²) in [5.74, 6) is -1.47. The van der Waals surface area contributed by atoms with Gasteiger partial charge in [-0.3, -0.25) is 10.2 Å². The number of methoxy groups -OCH3 is 4. The van der Waals surface area contributed by atoms with Gasteiger partial charge in [0.15, 0.2) is 23.1 Å². The maximum absolute atomic E-state index is 14.6. The lowest BCUT2D eigenvalue weighted by atomic mass is 10.1. The molecule has 3 heterocycles. The molecule has 0 aliphatic carbocycles. The van der Waals surface area contributed by atoms with Crippen molar-refractivity contribution in [1.82, 2.24) is 15.0 Å². The molecule has 1 aromatic carbocycles. The minimum Gasteiger partial charge on any atom is -0.494 e. The van der Waals surface area contributed by atoms with Gasteiger partial charge in [0.2, 0.25) is 12.2 Å². The molecule has 38 heavy (non-hydrogen) atoms. The Morgan fingerprint density at radius 1 is 1.03 bits per heavy atom. The van der Waals surface area contributed by atoms with Crippen LogP contribution in [0.2, 0.25) is 0 Å². The van der Waals surface area contributed by atoms with Crippen LogP contribution in [0.15, 0.2) is 30.6 Å². The average Bonchev–Trinajstić information content (AvgIpc) is 2.94. The van der Waals surface area contributed by atoms with Crippen LogP contribution in [-0.2, 0) is 15.9 Å². The number of aryl methyl sites for hydroxylation is 1. The molecular weight excluding hydrogens is 500 g/mol. The minimum atomic E-state index is -0.868. The average molecular weight is 528 g/mol. The molecule has 1 aliphatic rings. The van der Waals surface area contributed by atoms with Gasteiger partial charge in [0.05, 0.1) is 25.5 Å². The molecule has 200 valence electrons. The molecule has 4 rings (SSSR count). The van der Waals surface area contributed by atoms with E-state index in [1.165, 1.54) is 57.9 Å². The SMILES string of the molecule is COc1cc(OC)c(F)c(/C=C/c2cnc(NC(=O)N3CCCc4ccc(C(OC)OC)nc43)nc2)c1F. The second-order valence-corrected chi connectivity index (χ2v) is 8.20. The first-order valence-electron chi connectivity index (χ1n) is 11.6. The summed E-state index contributed by atoms with van der Waals surface area (Å²) >= 11 is 0. The van der Waals surface area contributed by atoms with E-state index in [1.54, 1.807) is 0 Å². The van der Waals surface area contributed by atoms with Crippen molar-refractivity contribution < 1.29 is 32.5 Å². The van der Waals surface area contributed by atoms with Crippen LogP contribution in [0.3, 0.4) is 0 Å². The summed E-state index contributed by atoms with van der Waals surface area (Å²) in [4.78, 5) is 27.5. The number of urea groups is 1. The van der Waals surface area contributed by atoms with Crippen molar-refractivity contribution in [2.45, 2.75) is 19.1 Å². The number of benzene rings is 1. The number of nitrogens with one attached hydrogen (secondary N) is 1. The van der Waals surface area contributed by atoms with E-state index in [2.05, 4.69) is 20.3 Å². The van der Waals surface area contributed by atoms with Gasteiger partial charge in [-0.1, -0.05) is 12.1 Å². The van der Waals surface area contributed by atoms with E-state index in [1.807, 2.05) is 12.1 Å². The molecule has 12 heteroatoms. The van der Waals surface area contributed by atoms with Gasteiger partial charge in [0.1, 0.15) is 5.82 Å². The van der Waals surface area contributed by atoms with Crippen LogP contribution >= 0.6 is 0 Å². The fourth-order valence-corrected chi connectivity index (χ4v) is 4.00. The summed E-state index contributed by atoms with van der Waals surface area (Å²) in [6.45, 7) is 0.460. The van der Waals surface area contributed by atoms with Crippen molar-refractivity contribution in [3.63, 3.8) is 0 Å². The topological polar surface area (TPSA) is 108 Å². The number of aromatic nitrogens is 3. The summed E-state index contributed by atoms with van der Waals surface area (Å²) in [5, 5.41) is 2.66. The maximum Gasteiger partial charge on any atom is 0.329 e. The molecule has 3 aromatic rings. The molecule has 1 aliphatic heterocycles. The molecule has 2 amide bonds. The molecule has 0 saturated carbocycles. The molecule has 0 bridgehead atoms. The highest BCUT2D eigenvalue weighted by Gasteiger charge is 2.26. The van der Waals surface area contributed by atoms with Gasteiger partial charge in [-0.2, -0.15) is 0 Å². The van der Waals surface area contributed by atoms with E-state index < -0.39 is 24.0 Å². The lowest BCUT2D eigenvalue weighted by Crippen LogP contribution is -2.40. The Labute approximate surface area is 218 Å². The number of rotatable bonds is 8. The fourth-order valence-electron chi connectivity index (χ4n) is 4.00. The Balaban J connectivity index is 1.50. The van der Waals surface area contributed by atoms with Gasteiger partial charge in [0.25, 0.3) is 0 Å². The van der Waals surface area contributed by atoms with Crippen LogP contribution in [0, 0.1) is 11.6 Å². The number of carbonyl (C=O) groups excluding carboxylic acids is 1. The Morgan fingerprint density at radius 3 is 2.29 bits per heavy atom. The number of nitrogens with zero attached hydrogens (tertiary/aromatic N) is 4. The maximum atomic E-state index is 14.6. The van der Waals surface area contributed by atoms with E-state index in [-0.39, 0.29) is 23.0 Å². The summed E-state index contributed by atoms with van der Waals surface area (Å²) in [6.07, 6.45) is 6.38. The van der Waals surface area contributed by atoms with Crippen molar-refractivity contribution in [3.8, 4) is 11.5 Å². The third-order valence-electron chi connectivity index (χ3n) is 5.92. The highest BCUT2D eigenvalue weighted by molar-refractivity contribution is 6.00. The van der Waals surface area contributed by atoms with Crippen molar-refractivity contribution in [2.24, 2.45) is 0 Å². The zero-order chi connectivity index (χ0) is 27.2. The van der Waals surface area contributed by atoms with Gasteiger partial charge >= 0.3 is 6.03 Å². The van der Waals surface area contributed by atoms with Crippen molar-refractivity contribution in [3.05, 3.63) is 64.6 Å². The number of ether oxygens (including phenoxy) is 4. The predicted molar refractivity (Wildman–Crippen MR) is 136 cm³/mol. The Hall–Kier alpha value is -4.16. The fraction of sp³-hybridized carbons (Fsp3) is 0.308. The standard InChI is InChI=1S/C26H27F2N5O5/c1-35-19-12-20(36-2)22(28)17(21(19)27)9-7-15-13-29-25(30-14-15)32-26(34)33-11-5-6-16-8-10-18(31-23(16)33)24(37-3)38-4/h7-10,12-14,24H,5-6,11H2,1-4H3,(H,29,30,32,34)/b9-7+. The van der Waals surface area contributed by atoms with Gasteiger partial charge in [-0.05, 0) is 30.5 Å². The van der Waals surface area contributed by atoms with Crippen molar-refractivity contribution in [2.75, 3.05) is 45.2 Å². The summed E-state index contributed by atoms with van der Waals surface area (Å²) < 4.78 is 49.6. The number of carbonyl (C=O) groups is 1. The first kappa shape index (κ1) is 26.9. The number of amides is 2. The highest BCUT2D eigenvalue weighted by atomic mass is 19.1. The molecular formula is C26H27F2N5O5. The number of halogens is 2. The smallest absolute Gasteiger partial charge is 0.329 e. The Kier molecular flexibility index (Phi) is 8.44. The molecule has 0 unspecified atom stereocenters. The number of fused-ring (bicyclic) bond motifs is 1. The molecule has 0 saturated heterocycles. The van der Waals surface area contributed by atoms with Crippen LogP contribution in [0.4, 0.5) is 25.3 Å². The van der Waals surface area contributed by atoms with E-state index in [0.717, 1.165) is 24.5 Å². The van der Waals surface area contributed by atoms with Crippen LogP contribution in [0.25, 0.3) is 12.2 Å². The second-order valence-electron chi connectivity index (χ2n) is 8.20. The molecule has 1 N–H and O–H groups in total. The van der Waals surface area contributed by atoms with Gasteiger partial charge in [0, 0.05) is 44.8 Å². The van der Waals surface area contributed by atoms with Crippen LogP contribution < -0.4 is 19.7 Å². The molecule has 0 fully saturated rings. The van der Waals surface area contributed by atoms with E-state index >= 15 is 0 Å². The summed E-state index contributed by atoms with van der Waals surface area (Å²) in [6, 6.07) is 4.40. The van der Waals surface area contributed by atoms with Crippen LogP contribution in [0.1, 0.15) is 35.1 Å². The third-order valence-corrected chi connectivity index (χ3v) is 5.92. The number of hydrogen-bond donors (Lipinski definition) is 1. The molecule has 2 aromatic heterocycles. The second kappa shape index (κ2) is 11.9. The zero-order valence-corrected chi connectivity index (χ0v) is 21.3. The van der Waals surface area contributed by atoms with Crippen LogP contribution in [-0.4, -0.2) is 56.0 Å². The monoisotopic (exact) mass is 527 g/mol. The molecule has 0 radical (unpaired) electrons. The highest BCUT2D eigenvalue weighted by Crippen LogP contribution is 2.32. The molecule has 0 spiro atoms. The predicted octanol–water partition coefficient (Wildman–Crippen LogP) is 4.61. The molecule has 0 atom stereocenters. The lowest BCUT2D eigenvalue weighted by Gasteiger charge is -2.29. The minimum absolute atomic E-state index is 0.0579. The van der Waals surface area contributed by atoms with Gasteiger partial charge in [-0.15, -0.1) is 0 Å². The largest absolute Gasteiger partial charge is 0.494 e. The quantitative estimate of drug-likeness (QED) is 0.423. The Morgan fingerprint density at radius 2 is 1.68 bits per heavy atom. The number of anilines is 2. The van der Waals surface area contributed by atoms with Gasteiger partial charge < -0.3 is 18.9 Å². The van der Waals surface area contributed by atoms with Crippen molar-refractivity contribution in [1.29, 1.82) is 0 Å². The number of pyridine rings is 1. The summed E-state index contributed by atoms with van der Waals surface area (Å²) in [7, 11) is 5.57. The van der Waals surface area contributed by atoms with Crippen molar-refractivity contribution >= 4 is 29.9 Å². The van der Waals surface area contributed by atoms with E-state index in [4.69, 9.17) is 18.9 Å². The van der Waals surface area contributed by atoms with E-state index in [9.17, 15) is 13.6 Å².